The van der Waals surface area contributed by atoms with Gasteiger partial charge in [-0.05, 0) is 25.1 Å². The van der Waals surface area contributed by atoms with Crippen molar-refractivity contribution in [3.05, 3.63) is 29.0 Å². The molecule has 24 heavy (non-hydrogen) atoms. The lowest BCUT2D eigenvalue weighted by Gasteiger charge is -2.36. The summed E-state index contributed by atoms with van der Waals surface area (Å²) in [5.41, 5.74) is -5.23. The lowest BCUT2D eigenvalue weighted by atomic mass is 10.2. The normalized spacial score (nSPS) is 12.9. The molecular formula is C12H10ClF7N2O2. The molecule has 4 nitrogen and oxygen atoms in total. The molecule has 1 rings (SSSR count). The van der Waals surface area contributed by atoms with Crippen molar-refractivity contribution in [1.82, 2.24) is 5.32 Å². The van der Waals surface area contributed by atoms with Crippen molar-refractivity contribution < 1.29 is 40.3 Å². The highest BCUT2D eigenvalue weighted by Gasteiger charge is 2.73. The Kier molecular flexibility index (Phi) is 5.93. The monoisotopic (exact) mass is 382 g/mol. The predicted molar refractivity (Wildman–Crippen MR) is 70.0 cm³/mol. The Morgan fingerprint density at radius 2 is 1.71 bits per heavy atom. The van der Waals surface area contributed by atoms with Gasteiger partial charge in [0.1, 0.15) is 5.82 Å². The molecule has 0 atom stereocenters. The molecule has 0 bridgehead atoms. The molecule has 0 unspecified atom stereocenters. The minimum absolute atomic E-state index is 0.325. The van der Waals surface area contributed by atoms with E-state index < -0.39 is 41.6 Å². The molecule has 0 aliphatic carbocycles. The molecule has 12 heteroatoms. The Morgan fingerprint density at radius 3 is 2.12 bits per heavy atom. The molecule has 0 aliphatic heterocycles. The zero-order valence-electron chi connectivity index (χ0n) is 11.8. The van der Waals surface area contributed by atoms with Crippen molar-refractivity contribution in [2.45, 2.75) is 25.0 Å². The lowest BCUT2D eigenvalue weighted by Crippen LogP contribution is -2.69. The van der Waals surface area contributed by atoms with Crippen molar-refractivity contribution >= 4 is 23.3 Å². The molecule has 0 spiro atoms. The number of nitrogens with one attached hydrogen (secondary N) is 2. The van der Waals surface area contributed by atoms with Gasteiger partial charge in [-0.2, -0.15) is 26.3 Å². The Labute approximate surface area is 135 Å². The van der Waals surface area contributed by atoms with Gasteiger partial charge in [0.25, 0.3) is 0 Å². The van der Waals surface area contributed by atoms with E-state index in [-0.39, 0.29) is 5.69 Å². The second-order valence-corrected chi connectivity index (χ2v) is 4.72. The molecule has 0 saturated carbocycles. The molecule has 0 heterocycles. The highest BCUT2D eigenvalue weighted by Crippen LogP contribution is 2.44. The van der Waals surface area contributed by atoms with E-state index in [2.05, 4.69) is 4.74 Å². The fourth-order valence-corrected chi connectivity index (χ4v) is 1.80. The van der Waals surface area contributed by atoms with Crippen molar-refractivity contribution in [2.24, 2.45) is 0 Å². The van der Waals surface area contributed by atoms with Gasteiger partial charge in [-0.3, -0.25) is 5.32 Å². The summed E-state index contributed by atoms with van der Waals surface area (Å²) in [5.74, 6) is -0.892. The summed E-state index contributed by atoms with van der Waals surface area (Å²) in [4.78, 5) is 11.6. The van der Waals surface area contributed by atoms with Gasteiger partial charge in [0.05, 0.1) is 5.02 Å². The van der Waals surface area contributed by atoms with Crippen LogP contribution in [0.5, 0.6) is 0 Å². The summed E-state index contributed by atoms with van der Waals surface area (Å²) in [6.45, 7) is -0.0900. The summed E-state index contributed by atoms with van der Waals surface area (Å²) >= 11 is 5.39. The number of urea groups is 1. The maximum atomic E-state index is 12.9. The van der Waals surface area contributed by atoms with E-state index in [1.165, 1.54) is 0 Å². The number of anilines is 1. The summed E-state index contributed by atoms with van der Waals surface area (Å²) < 4.78 is 94.2. The third kappa shape index (κ3) is 4.20. The number of amides is 2. The van der Waals surface area contributed by atoms with Crippen molar-refractivity contribution in [3.63, 3.8) is 0 Å². The number of ether oxygens (including phenoxy) is 1. The van der Waals surface area contributed by atoms with Crippen LogP contribution in [0.15, 0.2) is 18.2 Å². The highest BCUT2D eigenvalue weighted by atomic mass is 35.5. The van der Waals surface area contributed by atoms with Crippen LogP contribution >= 0.6 is 11.6 Å². The summed E-state index contributed by atoms with van der Waals surface area (Å²) in [5, 5.41) is 1.93. The minimum atomic E-state index is -5.99. The first kappa shape index (κ1) is 20.3. The Balaban J connectivity index is 3.09. The maximum Gasteiger partial charge on any atom is 0.446 e. The number of halogens is 8. The SMILES string of the molecule is CCOC(NC(=O)Nc1ccc(F)c(Cl)c1)(C(F)(F)F)C(F)(F)F. The van der Waals surface area contributed by atoms with Crippen LogP contribution in [0.4, 0.5) is 41.2 Å². The zero-order chi connectivity index (χ0) is 18.8. The van der Waals surface area contributed by atoms with Crippen LogP contribution in [0.2, 0.25) is 5.02 Å². The van der Waals surface area contributed by atoms with Crippen LogP contribution in [0.1, 0.15) is 6.92 Å². The molecule has 0 aliphatic rings. The number of alkyl halides is 6. The molecule has 0 aromatic heterocycles. The first-order valence-corrected chi connectivity index (χ1v) is 6.53. The number of benzene rings is 1. The van der Waals surface area contributed by atoms with E-state index in [1.807, 2.05) is 0 Å². The van der Waals surface area contributed by atoms with Gasteiger partial charge >= 0.3 is 24.1 Å². The van der Waals surface area contributed by atoms with Gasteiger partial charge in [-0.25, -0.2) is 9.18 Å². The smallest absolute Gasteiger partial charge is 0.341 e. The van der Waals surface area contributed by atoms with E-state index in [1.54, 1.807) is 5.32 Å². The summed E-state index contributed by atoms with van der Waals surface area (Å²) in [6.07, 6.45) is -12.0. The van der Waals surface area contributed by atoms with Gasteiger partial charge in [-0.1, -0.05) is 11.6 Å². The average molecular weight is 383 g/mol. The molecular weight excluding hydrogens is 373 g/mol. The average Bonchev–Trinajstić information content (AvgIpc) is 2.39. The van der Waals surface area contributed by atoms with Gasteiger partial charge in [0.2, 0.25) is 0 Å². The quantitative estimate of drug-likeness (QED) is 0.597. The second kappa shape index (κ2) is 7.01. The molecule has 0 saturated heterocycles. The Morgan fingerprint density at radius 1 is 1.17 bits per heavy atom. The van der Waals surface area contributed by atoms with E-state index in [0.29, 0.717) is 0 Å². The fraction of sp³-hybridized carbons (Fsp3) is 0.417. The number of hydrogen-bond donors (Lipinski definition) is 2. The third-order valence-electron chi connectivity index (χ3n) is 2.63. The second-order valence-electron chi connectivity index (χ2n) is 4.32. The van der Waals surface area contributed by atoms with Crippen molar-refractivity contribution in [1.29, 1.82) is 0 Å². The molecule has 0 fully saturated rings. The molecule has 1 aromatic rings. The topological polar surface area (TPSA) is 50.4 Å². The molecule has 2 amide bonds. The van der Waals surface area contributed by atoms with Crippen LogP contribution < -0.4 is 10.6 Å². The first-order chi connectivity index (χ1) is 10.8. The largest absolute Gasteiger partial charge is 0.446 e. The maximum absolute atomic E-state index is 12.9. The first-order valence-electron chi connectivity index (χ1n) is 6.15. The predicted octanol–water partition coefficient (Wildman–Crippen LogP) is 4.46. The van der Waals surface area contributed by atoms with Crippen LogP contribution in [0, 0.1) is 5.82 Å². The van der Waals surface area contributed by atoms with Gasteiger partial charge in [0.15, 0.2) is 0 Å². The van der Waals surface area contributed by atoms with Crippen molar-refractivity contribution in [3.8, 4) is 0 Å². The van der Waals surface area contributed by atoms with E-state index in [9.17, 15) is 35.5 Å². The number of carbonyl (C=O) groups is 1. The van der Waals surface area contributed by atoms with Gasteiger partial charge in [0, 0.05) is 12.3 Å². The van der Waals surface area contributed by atoms with Crippen LogP contribution in [0.3, 0.4) is 0 Å². The summed E-state index contributed by atoms with van der Waals surface area (Å²) in [6, 6.07) is 0.590. The van der Waals surface area contributed by atoms with Crippen LogP contribution in [0.25, 0.3) is 0 Å². The standard InChI is InChI=1S/C12H10ClF7N2O2/c1-2-24-10(11(15,16)17,12(18,19)20)22-9(23)21-6-3-4-8(14)7(13)5-6/h3-5H,2H2,1H3,(H2,21,22,23). The van der Waals surface area contributed by atoms with E-state index in [4.69, 9.17) is 11.6 Å². The Bertz CT molecular complexity index is 590. The molecule has 0 radical (unpaired) electrons. The van der Waals surface area contributed by atoms with Crippen LogP contribution in [-0.4, -0.2) is 30.7 Å². The number of rotatable bonds is 4. The van der Waals surface area contributed by atoms with Gasteiger partial charge in [-0.15, -0.1) is 0 Å². The van der Waals surface area contributed by atoms with E-state index >= 15 is 0 Å². The molecule has 136 valence electrons. The molecule has 1 aromatic carbocycles. The van der Waals surface area contributed by atoms with E-state index in [0.717, 1.165) is 30.4 Å². The minimum Gasteiger partial charge on any atom is -0.341 e. The van der Waals surface area contributed by atoms with Crippen LogP contribution in [-0.2, 0) is 4.74 Å². The van der Waals surface area contributed by atoms with Gasteiger partial charge < -0.3 is 10.1 Å². The lowest BCUT2D eigenvalue weighted by molar-refractivity contribution is -0.387. The highest BCUT2D eigenvalue weighted by molar-refractivity contribution is 6.31. The number of carbonyl (C=O) groups excluding carboxylic acids is 1. The zero-order valence-corrected chi connectivity index (χ0v) is 12.5. The summed E-state index contributed by atoms with van der Waals surface area (Å²) in [7, 11) is 0. The fourth-order valence-electron chi connectivity index (χ4n) is 1.61. The number of hydrogen-bond acceptors (Lipinski definition) is 2. The third-order valence-corrected chi connectivity index (χ3v) is 2.92. The van der Waals surface area contributed by atoms with Crippen molar-refractivity contribution in [2.75, 3.05) is 11.9 Å². The molecule has 2 N–H and O–H groups in total. The Hall–Kier alpha value is -1.75.